The van der Waals surface area contributed by atoms with E-state index in [1.807, 2.05) is 24.4 Å². The highest BCUT2D eigenvalue weighted by molar-refractivity contribution is 5.90. The first-order chi connectivity index (χ1) is 27.3. The van der Waals surface area contributed by atoms with Crippen molar-refractivity contribution in [3.05, 3.63) is 64.5 Å². The highest BCUT2D eigenvalue weighted by atomic mass is 16.7. The van der Waals surface area contributed by atoms with Crippen molar-refractivity contribution in [3.63, 3.8) is 0 Å². The largest absolute Gasteiger partial charge is 0.493 e. The summed E-state index contributed by atoms with van der Waals surface area (Å²) in [6.45, 7) is 0.898. The number of aliphatic hydroxyl groups excluding tert-OH is 3. The monoisotopic (exact) mass is 792 g/mol. The molecule has 18 nitrogen and oxygen atoms in total. The Bertz CT molecular complexity index is 2060. The molecule has 0 amide bonds. The lowest BCUT2D eigenvalue weighted by Crippen LogP contribution is -2.66. The van der Waals surface area contributed by atoms with Gasteiger partial charge in [0.1, 0.15) is 59.8 Å². The minimum Gasteiger partial charge on any atom is -0.493 e. The molecule has 5 aliphatic heterocycles. The SMILES string of the molecule is COc1ccc2c(c1OC)OC1c3c(CN4C=C5N=CC=C5C4)cc(OC4OC(C(OC(=O)CC(=O)O)C(N)N)C(O)C(O)C4O)cc3OC3(CCC(=O)CC3)C21. The number of aliphatic hydroxyl groups is 3. The summed E-state index contributed by atoms with van der Waals surface area (Å²) < 4.78 is 42.7. The number of ether oxygens (including phenoxy) is 7. The van der Waals surface area contributed by atoms with Crippen LogP contribution >= 0.6 is 0 Å². The molecule has 2 aromatic carbocycles. The fourth-order valence-electron chi connectivity index (χ4n) is 8.78. The maximum atomic E-state index is 12.7. The van der Waals surface area contributed by atoms with Gasteiger partial charge in [0.15, 0.2) is 17.6 Å². The van der Waals surface area contributed by atoms with E-state index in [9.17, 15) is 29.7 Å². The van der Waals surface area contributed by atoms with Crippen LogP contribution in [0.2, 0.25) is 0 Å². The van der Waals surface area contributed by atoms with Crippen molar-refractivity contribution in [2.45, 2.75) is 99.2 Å². The minimum absolute atomic E-state index is 0.128. The van der Waals surface area contributed by atoms with Crippen LogP contribution in [0.4, 0.5) is 0 Å². The molecule has 0 radical (unpaired) electrons. The molecule has 57 heavy (non-hydrogen) atoms. The minimum atomic E-state index is -1.90. The second kappa shape index (κ2) is 14.9. The number of hydrogen-bond donors (Lipinski definition) is 6. The Morgan fingerprint density at radius 3 is 2.53 bits per heavy atom. The lowest BCUT2D eigenvalue weighted by atomic mass is 9.67. The second-order valence-corrected chi connectivity index (χ2v) is 15.0. The third-order valence-electron chi connectivity index (χ3n) is 11.4. The molecule has 304 valence electrons. The van der Waals surface area contributed by atoms with Crippen molar-refractivity contribution in [2.24, 2.45) is 16.5 Å². The summed E-state index contributed by atoms with van der Waals surface area (Å²) in [4.78, 5) is 42.6. The number of carboxylic acids is 1. The quantitative estimate of drug-likeness (QED) is 0.104. The van der Waals surface area contributed by atoms with Crippen LogP contribution in [-0.4, -0.2) is 119 Å². The van der Waals surface area contributed by atoms with Gasteiger partial charge >= 0.3 is 11.9 Å². The third kappa shape index (κ3) is 6.85. The first-order valence-corrected chi connectivity index (χ1v) is 18.6. The first-order valence-electron chi connectivity index (χ1n) is 18.6. The van der Waals surface area contributed by atoms with Gasteiger partial charge in [-0.05, 0) is 36.6 Å². The maximum absolute atomic E-state index is 12.7. The summed E-state index contributed by atoms with van der Waals surface area (Å²) >= 11 is 0. The zero-order chi connectivity index (χ0) is 40.3. The number of fused-ring (bicyclic) bond motifs is 7. The molecule has 2 aromatic rings. The van der Waals surface area contributed by atoms with Crippen LogP contribution in [0.3, 0.4) is 0 Å². The van der Waals surface area contributed by atoms with Crippen LogP contribution < -0.4 is 35.2 Å². The molecule has 1 aliphatic carbocycles. The van der Waals surface area contributed by atoms with Crippen LogP contribution in [0.15, 0.2) is 52.8 Å². The van der Waals surface area contributed by atoms with Crippen molar-refractivity contribution in [2.75, 3.05) is 20.8 Å². The summed E-state index contributed by atoms with van der Waals surface area (Å²) in [7, 11) is 3.09. The highest BCUT2D eigenvalue weighted by Crippen LogP contribution is 2.64. The number of carbonyl (C=O) groups excluding carboxylic acids is 2. The topological polar surface area (TPSA) is 264 Å². The van der Waals surface area contributed by atoms with Crippen LogP contribution in [0, 0.1) is 0 Å². The van der Waals surface area contributed by atoms with Crippen LogP contribution in [-0.2, 0) is 30.4 Å². The number of rotatable bonds is 11. The molecule has 1 saturated heterocycles. The Morgan fingerprint density at radius 2 is 1.84 bits per heavy atom. The third-order valence-corrected chi connectivity index (χ3v) is 11.4. The van der Waals surface area contributed by atoms with Crippen molar-refractivity contribution >= 4 is 23.9 Å². The Balaban J connectivity index is 1.19. The summed E-state index contributed by atoms with van der Waals surface area (Å²) in [5, 5.41) is 42.1. The molecule has 0 aromatic heterocycles. The van der Waals surface area contributed by atoms with Gasteiger partial charge < -0.3 is 70.0 Å². The van der Waals surface area contributed by atoms with E-state index < -0.39 is 73.0 Å². The molecule has 8 atom stereocenters. The summed E-state index contributed by atoms with van der Waals surface area (Å²) in [5.41, 5.74) is 15.0. The molecule has 8 rings (SSSR count). The number of nitrogens with zero attached hydrogens (tertiary/aromatic N) is 2. The average molecular weight is 793 g/mol. The second-order valence-electron chi connectivity index (χ2n) is 15.0. The molecule has 5 heterocycles. The summed E-state index contributed by atoms with van der Waals surface area (Å²) in [6.07, 6.45) is -6.66. The number of benzene rings is 2. The van der Waals surface area contributed by atoms with Gasteiger partial charge in [0.25, 0.3) is 0 Å². The predicted molar refractivity (Wildman–Crippen MR) is 196 cm³/mol. The van der Waals surface area contributed by atoms with Crippen LogP contribution in [0.5, 0.6) is 28.7 Å². The van der Waals surface area contributed by atoms with E-state index >= 15 is 0 Å². The normalized spacial score (nSPS) is 28.3. The predicted octanol–water partition coefficient (Wildman–Crippen LogP) is 0.680. The number of carbonyl (C=O) groups is 3. The zero-order valence-electron chi connectivity index (χ0n) is 31.1. The molecule has 8 unspecified atom stereocenters. The molecular formula is C39H44N4O14. The van der Waals surface area contributed by atoms with Crippen LogP contribution in [0.25, 0.3) is 0 Å². The highest BCUT2D eigenvalue weighted by Gasteiger charge is 2.58. The molecule has 6 aliphatic rings. The Kier molecular flexibility index (Phi) is 10.1. The molecule has 2 fully saturated rings. The van der Waals surface area contributed by atoms with E-state index in [4.69, 9.17) is 49.7 Å². The van der Waals surface area contributed by atoms with E-state index in [0.29, 0.717) is 67.3 Å². The number of nitrogens with two attached hydrogens (primary N) is 2. The van der Waals surface area contributed by atoms with Gasteiger partial charge in [-0.15, -0.1) is 0 Å². The fourth-order valence-corrected chi connectivity index (χ4v) is 8.78. The van der Waals surface area contributed by atoms with Gasteiger partial charge in [0.05, 0.1) is 32.0 Å². The standard InChI is InChI=1S/C39H44N4O14/c1-51-23-4-3-21-28-34(55-32(21)33(23)52-2)27-18(15-43-14-17-7-10-42-22(17)16-43)11-20(12-24(27)57-39(28)8-5-19(44)6-9-39)53-38-31(50)29(48)30(49)35(56-38)36(37(40)41)54-26(47)13-25(45)46/h3-4,7,10-12,16,28-31,34-38,48-50H,5-6,8-9,13-15,40-41H2,1-2H3,(H,45,46). The van der Waals surface area contributed by atoms with Crippen molar-refractivity contribution < 1.29 is 68.0 Å². The van der Waals surface area contributed by atoms with Gasteiger partial charge in [0, 0.05) is 61.1 Å². The van der Waals surface area contributed by atoms with Crippen LogP contribution in [0.1, 0.15) is 60.8 Å². The number of esters is 1. The zero-order valence-corrected chi connectivity index (χ0v) is 31.1. The van der Waals surface area contributed by atoms with Gasteiger partial charge in [-0.25, -0.2) is 0 Å². The van der Waals surface area contributed by atoms with E-state index in [1.54, 1.807) is 32.6 Å². The van der Waals surface area contributed by atoms with E-state index in [2.05, 4.69) is 9.89 Å². The van der Waals surface area contributed by atoms with Gasteiger partial charge in [0.2, 0.25) is 12.0 Å². The van der Waals surface area contributed by atoms with E-state index in [0.717, 1.165) is 22.4 Å². The fraction of sp³-hybridized carbons (Fsp3) is 0.487. The lowest BCUT2D eigenvalue weighted by Gasteiger charge is -2.48. The van der Waals surface area contributed by atoms with Gasteiger partial charge in [-0.3, -0.25) is 19.4 Å². The van der Waals surface area contributed by atoms with Crippen molar-refractivity contribution in [1.29, 1.82) is 0 Å². The summed E-state index contributed by atoms with van der Waals surface area (Å²) in [5.74, 6) is -0.954. The van der Waals surface area contributed by atoms with Gasteiger partial charge in [-0.1, -0.05) is 6.07 Å². The molecule has 8 N–H and O–H groups in total. The number of methoxy groups -OCH3 is 2. The van der Waals surface area contributed by atoms with Crippen molar-refractivity contribution in [1.82, 2.24) is 4.90 Å². The number of hydrogen-bond acceptors (Lipinski definition) is 17. The Labute approximate surface area is 326 Å². The molecule has 0 bridgehead atoms. The average Bonchev–Trinajstić information content (AvgIpc) is 3.89. The van der Waals surface area contributed by atoms with Crippen molar-refractivity contribution in [3.8, 4) is 28.7 Å². The number of allylic oxidation sites excluding steroid dienone is 1. The first kappa shape index (κ1) is 38.6. The lowest BCUT2D eigenvalue weighted by molar-refractivity contribution is -0.291. The number of aliphatic carboxylic acids is 1. The van der Waals surface area contributed by atoms with E-state index in [-0.39, 0.29) is 17.5 Å². The number of ketones is 1. The molecule has 18 heteroatoms. The maximum Gasteiger partial charge on any atom is 0.317 e. The number of aliphatic imine (C=N–C) groups is 1. The van der Waals surface area contributed by atoms with Gasteiger partial charge in [-0.2, -0.15) is 0 Å². The Morgan fingerprint density at radius 1 is 1.07 bits per heavy atom. The Hall–Kier alpha value is -5.24. The summed E-state index contributed by atoms with van der Waals surface area (Å²) in [6, 6.07) is 7.12. The smallest absolute Gasteiger partial charge is 0.317 e. The molecule has 1 spiro atoms. The number of carboxylic acid groups (broad SMARTS) is 1. The molecule has 1 saturated carbocycles. The van der Waals surface area contributed by atoms with E-state index in [1.165, 1.54) is 0 Å². The molecular weight excluding hydrogens is 748 g/mol. The number of Topliss-reactive ketones (excluding diaryl/α,β-unsaturated/α-hetero) is 1.